The molecule has 2 aliphatic carbocycles. The van der Waals surface area contributed by atoms with Crippen LogP contribution in [0.1, 0.15) is 64.2 Å². The summed E-state index contributed by atoms with van der Waals surface area (Å²) in [7, 11) is -1.30. The Labute approximate surface area is 158 Å². The molecule has 1 atom stereocenters. The maximum absolute atomic E-state index is 12.8. The molecule has 1 spiro atoms. The van der Waals surface area contributed by atoms with E-state index in [-0.39, 0.29) is 11.9 Å². The van der Waals surface area contributed by atoms with Crippen molar-refractivity contribution in [2.24, 2.45) is 10.9 Å². The first-order valence-corrected chi connectivity index (χ1v) is 12.0. The van der Waals surface area contributed by atoms with Crippen molar-refractivity contribution in [2.75, 3.05) is 32.4 Å². The first-order chi connectivity index (χ1) is 12.5. The highest BCUT2D eigenvalue weighted by molar-refractivity contribution is 7.92. The van der Waals surface area contributed by atoms with Gasteiger partial charge in [-0.25, -0.2) is 8.42 Å². The second-order valence-corrected chi connectivity index (χ2v) is 10.9. The maximum Gasteiger partial charge on any atom is 0.193 e. The molecule has 3 fully saturated rings. The van der Waals surface area contributed by atoms with E-state index in [1.54, 1.807) is 7.05 Å². The molecule has 1 unspecified atom stereocenters. The van der Waals surface area contributed by atoms with Crippen molar-refractivity contribution in [3.05, 3.63) is 0 Å². The number of aliphatic imine (C=N–C) groups is 1. The molecule has 0 aromatic rings. The van der Waals surface area contributed by atoms with Crippen LogP contribution in [-0.4, -0.2) is 67.7 Å². The lowest BCUT2D eigenvalue weighted by Crippen LogP contribution is -2.60. The van der Waals surface area contributed by atoms with Crippen molar-refractivity contribution in [1.29, 1.82) is 0 Å². The van der Waals surface area contributed by atoms with E-state index in [9.17, 15) is 13.5 Å². The van der Waals surface area contributed by atoms with Gasteiger partial charge in [0.2, 0.25) is 0 Å². The van der Waals surface area contributed by atoms with E-state index in [2.05, 4.69) is 15.2 Å². The number of rotatable bonds is 3. The molecule has 0 amide bonds. The molecule has 1 aliphatic heterocycles. The van der Waals surface area contributed by atoms with Crippen molar-refractivity contribution < 1.29 is 13.5 Å². The molecule has 0 bridgehead atoms. The Kier molecular flexibility index (Phi) is 6.49. The zero-order chi connectivity index (χ0) is 18.6. The monoisotopic (exact) mass is 385 g/mol. The van der Waals surface area contributed by atoms with Gasteiger partial charge in [-0.3, -0.25) is 4.99 Å². The van der Waals surface area contributed by atoms with Gasteiger partial charge in [0, 0.05) is 26.7 Å². The second kappa shape index (κ2) is 8.46. The lowest BCUT2D eigenvalue weighted by Gasteiger charge is -2.45. The quantitative estimate of drug-likeness (QED) is 0.573. The third kappa shape index (κ3) is 4.19. The van der Waals surface area contributed by atoms with E-state index in [0.29, 0.717) is 25.6 Å². The van der Waals surface area contributed by atoms with E-state index in [4.69, 9.17) is 0 Å². The lowest BCUT2D eigenvalue weighted by atomic mass is 9.85. The number of nitrogens with zero attached hydrogens (tertiary/aromatic N) is 2. The highest BCUT2D eigenvalue weighted by atomic mass is 32.2. The largest absolute Gasteiger partial charge is 0.391 e. The fourth-order valence-corrected chi connectivity index (χ4v) is 7.19. The topological polar surface area (TPSA) is 82.0 Å². The van der Waals surface area contributed by atoms with Gasteiger partial charge in [-0.2, -0.15) is 0 Å². The van der Waals surface area contributed by atoms with E-state index in [1.807, 2.05) is 0 Å². The smallest absolute Gasteiger partial charge is 0.193 e. The van der Waals surface area contributed by atoms with Gasteiger partial charge < -0.3 is 15.3 Å². The number of guanidine groups is 1. The van der Waals surface area contributed by atoms with Crippen LogP contribution in [-0.2, 0) is 9.84 Å². The molecule has 0 radical (unpaired) electrons. The zero-order valence-electron chi connectivity index (χ0n) is 16.1. The Bertz CT molecular complexity index is 593. The summed E-state index contributed by atoms with van der Waals surface area (Å²) in [5, 5.41) is 13.8. The summed E-state index contributed by atoms with van der Waals surface area (Å²) in [5.74, 6) is 1.32. The minimum absolute atomic E-state index is 0.207. The number of aliphatic hydroxyl groups is 1. The number of sulfone groups is 1. The summed E-state index contributed by atoms with van der Waals surface area (Å²) in [6, 6.07) is 0. The Morgan fingerprint density at radius 3 is 2.50 bits per heavy atom. The van der Waals surface area contributed by atoms with Crippen LogP contribution >= 0.6 is 0 Å². The van der Waals surface area contributed by atoms with E-state index >= 15 is 0 Å². The highest BCUT2D eigenvalue weighted by Crippen LogP contribution is 2.38. The fraction of sp³-hybridized carbons (Fsp3) is 0.947. The molecule has 0 aromatic carbocycles. The van der Waals surface area contributed by atoms with Crippen molar-refractivity contribution in [2.45, 2.75) is 75.1 Å². The number of aliphatic hydroxyl groups excluding tert-OH is 1. The van der Waals surface area contributed by atoms with Gasteiger partial charge >= 0.3 is 0 Å². The summed E-state index contributed by atoms with van der Waals surface area (Å²) in [6.45, 7) is 1.52. The van der Waals surface area contributed by atoms with Crippen LogP contribution < -0.4 is 5.32 Å². The molecule has 1 saturated heterocycles. The summed E-state index contributed by atoms with van der Waals surface area (Å²) in [5.41, 5.74) is 0. The van der Waals surface area contributed by atoms with Gasteiger partial charge in [-0.15, -0.1) is 0 Å². The predicted octanol–water partition coefficient (Wildman–Crippen LogP) is 1.94. The summed E-state index contributed by atoms with van der Waals surface area (Å²) in [6.07, 6.45) is 10.2. The van der Waals surface area contributed by atoms with Crippen LogP contribution in [0.4, 0.5) is 0 Å². The van der Waals surface area contributed by atoms with E-state index in [1.165, 1.54) is 19.3 Å². The van der Waals surface area contributed by atoms with Crippen LogP contribution in [0.3, 0.4) is 0 Å². The van der Waals surface area contributed by atoms with Crippen LogP contribution in [0.15, 0.2) is 4.99 Å². The second-order valence-electron chi connectivity index (χ2n) is 8.38. The van der Waals surface area contributed by atoms with Crippen LogP contribution in [0, 0.1) is 5.92 Å². The molecule has 7 heteroatoms. The normalized spacial score (nSPS) is 28.1. The first kappa shape index (κ1) is 19.9. The average Bonchev–Trinajstić information content (AvgIpc) is 2.66. The van der Waals surface area contributed by atoms with Gasteiger partial charge in [-0.05, 0) is 31.6 Å². The standard InChI is InChI=1S/C19H35N3O3S/c1-20-18(21-14-17(23)16-8-4-2-5-9-16)22-12-13-26(24,25)19(15-22)10-6-3-7-11-19/h16-17,23H,2-15H2,1H3,(H,20,21). The number of hydrogen-bond acceptors (Lipinski definition) is 4. The van der Waals surface area contributed by atoms with Crippen molar-refractivity contribution in [3.63, 3.8) is 0 Å². The maximum atomic E-state index is 12.8. The Balaban J connectivity index is 1.61. The van der Waals surface area contributed by atoms with Gasteiger partial charge in [0.05, 0.1) is 16.6 Å². The predicted molar refractivity (Wildman–Crippen MR) is 105 cm³/mol. The Hall–Kier alpha value is -0.820. The molecule has 3 rings (SSSR count). The third-order valence-electron chi connectivity index (χ3n) is 6.71. The highest BCUT2D eigenvalue weighted by Gasteiger charge is 2.48. The zero-order valence-corrected chi connectivity index (χ0v) is 16.9. The summed E-state index contributed by atoms with van der Waals surface area (Å²) >= 11 is 0. The minimum Gasteiger partial charge on any atom is -0.391 e. The summed E-state index contributed by atoms with van der Waals surface area (Å²) < 4.78 is 24.9. The minimum atomic E-state index is -3.04. The molecule has 3 aliphatic rings. The van der Waals surface area contributed by atoms with E-state index < -0.39 is 14.6 Å². The van der Waals surface area contributed by atoms with Gasteiger partial charge in [0.15, 0.2) is 15.8 Å². The van der Waals surface area contributed by atoms with Crippen LogP contribution in [0.5, 0.6) is 0 Å². The first-order valence-electron chi connectivity index (χ1n) is 10.3. The average molecular weight is 386 g/mol. The van der Waals surface area contributed by atoms with Crippen molar-refractivity contribution >= 4 is 15.8 Å². The van der Waals surface area contributed by atoms with Crippen molar-refractivity contribution in [1.82, 2.24) is 10.2 Å². The third-order valence-corrected chi connectivity index (χ3v) is 9.28. The molecule has 26 heavy (non-hydrogen) atoms. The summed E-state index contributed by atoms with van der Waals surface area (Å²) in [4.78, 5) is 6.48. The van der Waals surface area contributed by atoms with Gasteiger partial charge in [0.25, 0.3) is 0 Å². The Morgan fingerprint density at radius 2 is 1.85 bits per heavy atom. The lowest BCUT2D eigenvalue weighted by molar-refractivity contribution is 0.0872. The molecule has 150 valence electrons. The fourth-order valence-electron chi connectivity index (χ4n) is 5.03. The Morgan fingerprint density at radius 1 is 1.19 bits per heavy atom. The van der Waals surface area contributed by atoms with Crippen LogP contribution in [0.2, 0.25) is 0 Å². The molecular formula is C19H35N3O3S. The van der Waals surface area contributed by atoms with E-state index in [0.717, 1.165) is 50.9 Å². The van der Waals surface area contributed by atoms with Gasteiger partial charge in [0.1, 0.15) is 0 Å². The SMILES string of the molecule is CN=C(NCC(O)C1CCCCC1)N1CCS(=O)(=O)C2(CCCCC2)C1. The molecular weight excluding hydrogens is 350 g/mol. The molecule has 2 saturated carbocycles. The molecule has 0 aromatic heterocycles. The van der Waals surface area contributed by atoms with Crippen LogP contribution in [0.25, 0.3) is 0 Å². The molecule has 1 heterocycles. The number of nitrogens with one attached hydrogen (secondary N) is 1. The van der Waals surface area contributed by atoms with Crippen molar-refractivity contribution in [3.8, 4) is 0 Å². The molecule has 2 N–H and O–H groups in total. The molecule has 6 nitrogen and oxygen atoms in total. The van der Waals surface area contributed by atoms with Gasteiger partial charge in [-0.1, -0.05) is 38.5 Å². The number of hydrogen-bond donors (Lipinski definition) is 2.